The van der Waals surface area contributed by atoms with Gasteiger partial charge in [0.1, 0.15) is 5.82 Å². The monoisotopic (exact) mass is 485 g/mol. The van der Waals surface area contributed by atoms with Gasteiger partial charge in [-0.05, 0) is 37.1 Å². The van der Waals surface area contributed by atoms with Gasteiger partial charge in [0.2, 0.25) is 0 Å². The predicted molar refractivity (Wildman–Crippen MR) is 117 cm³/mol. The largest absolute Gasteiger partial charge is 0.493 e. The summed E-state index contributed by atoms with van der Waals surface area (Å²) in [7, 11) is 3.20. The number of ether oxygens (including phenoxy) is 2. The van der Waals surface area contributed by atoms with Crippen LogP contribution in [0.3, 0.4) is 0 Å². The summed E-state index contributed by atoms with van der Waals surface area (Å²) in [6, 6.07) is 12.7. The van der Waals surface area contributed by atoms with Crippen LogP contribution in [0.1, 0.15) is 24.8 Å². The third-order valence-electron chi connectivity index (χ3n) is 4.38. The Labute approximate surface area is 176 Å². The fourth-order valence-electron chi connectivity index (χ4n) is 2.98. The molecule has 0 spiro atoms. The first kappa shape index (κ1) is 21.3. The molecule has 3 rings (SSSR count). The maximum atomic E-state index is 13.9. The summed E-state index contributed by atoms with van der Waals surface area (Å²) in [5, 5.41) is 6.66. The van der Waals surface area contributed by atoms with Gasteiger partial charge in [0, 0.05) is 30.3 Å². The molecule has 0 saturated heterocycles. The normalized spacial score (nSPS) is 18.3. The van der Waals surface area contributed by atoms with Crippen molar-refractivity contribution >= 4 is 35.6 Å². The Kier molecular flexibility index (Phi) is 7.70. The Morgan fingerprint density at radius 2 is 1.89 bits per heavy atom. The van der Waals surface area contributed by atoms with E-state index in [1.165, 1.54) is 6.07 Å². The van der Waals surface area contributed by atoms with Gasteiger partial charge in [-0.15, -0.1) is 24.0 Å². The molecule has 2 aromatic carbocycles. The molecule has 27 heavy (non-hydrogen) atoms. The Balaban J connectivity index is 0.00000261. The van der Waals surface area contributed by atoms with Crippen LogP contribution in [0.25, 0.3) is 0 Å². The van der Waals surface area contributed by atoms with Gasteiger partial charge in [-0.25, -0.2) is 4.39 Å². The highest BCUT2D eigenvalue weighted by Crippen LogP contribution is 2.41. The molecule has 2 N–H and O–H groups in total. The highest BCUT2D eigenvalue weighted by molar-refractivity contribution is 14.0. The number of aliphatic imine (C=N–C) groups is 1. The van der Waals surface area contributed by atoms with Crippen LogP contribution in [0.15, 0.2) is 47.5 Å². The molecule has 2 atom stereocenters. The topological polar surface area (TPSA) is 54.9 Å². The fraction of sp³-hybridized carbons (Fsp3) is 0.350. The van der Waals surface area contributed by atoms with Crippen LogP contribution in [-0.4, -0.2) is 32.8 Å². The zero-order valence-corrected chi connectivity index (χ0v) is 18.0. The van der Waals surface area contributed by atoms with Crippen molar-refractivity contribution in [2.75, 3.05) is 26.1 Å². The van der Waals surface area contributed by atoms with Gasteiger partial charge in [0.05, 0.1) is 14.2 Å². The molecule has 5 nitrogen and oxygen atoms in total. The van der Waals surface area contributed by atoms with Crippen molar-refractivity contribution in [2.45, 2.75) is 25.3 Å². The average Bonchev–Trinajstić information content (AvgIpc) is 3.41. The van der Waals surface area contributed by atoms with Gasteiger partial charge >= 0.3 is 0 Å². The van der Waals surface area contributed by atoms with Gasteiger partial charge in [-0.2, -0.15) is 0 Å². The lowest BCUT2D eigenvalue weighted by molar-refractivity contribution is 0.355. The Morgan fingerprint density at radius 1 is 1.15 bits per heavy atom. The molecule has 1 aliphatic rings. The Hall–Kier alpha value is -2.03. The molecule has 0 aromatic heterocycles. The molecule has 7 heteroatoms. The molecular formula is C20H25FIN3O2. The molecule has 1 saturated carbocycles. The van der Waals surface area contributed by atoms with Gasteiger partial charge in [0.25, 0.3) is 0 Å². The molecular weight excluding hydrogens is 460 g/mol. The summed E-state index contributed by atoms with van der Waals surface area (Å²) in [4.78, 5) is 4.48. The number of anilines is 1. The smallest absolute Gasteiger partial charge is 0.196 e. The van der Waals surface area contributed by atoms with Crippen LogP contribution < -0.4 is 20.1 Å². The number of hydrogen-bond acceptors (Lipinski definition) is 3. The van der Waals surface area contributed by atoms with Gasteiger partial charge in [0.15, 0.2) is 17.5 Å². The van der Waals surface area contributed by atoms with Crippen molar-refractivity contribution in [3.63, 3.8) is 0 Å². The van der Waals surface area contributed by atoms with E-state index in [9.17, 15) is 4.39 Å². The standard InChI is InChI=1S/C20H24FN3O2.HI/c1-4-22-20(23-13-9-10-18(25-2)19(11-13)26-3)24-17-12-15(17)14-7-5-6-8-16(14)21;/h5-11,15,17H,4,12H2,1-3H3,(H2,22,23,24);1H. The van der Waals surface area contributed by atoms with Gasteiger partial charge in [-0.3, -0.25) is 4.99 Å². The molecule has 1 aliphatic carbocycles. The van der Waals surface area contributed by atoms with E-state index in [0.717, 1.165) is 17.7 Å². The number of guanidine groups is 1. The SMILES string of the molecule is CCN=C(Nc1ccc(OC)c(OC)c1)NC1CC1c1ccccc1F.I. The number of nitrogens with one attached hydrogen (secondary N) is 2. The van der Waals surface area contributed by atoms with Crippen molar-refractivity contribution in [3.8, 4) is 11.5 Å². The van der Waals surface area contributed by atoms with Crippen LogP contribution in [0.4, 0.5) is 10.1 Å². The van der Waals surface area contributed by atoms with E-state index in [-0.39, 0.29) is 41.8 Å². The number of hydrogen-bond donors (Lipinski definition) is 2. The van der Waals surface area contributed by atoms with Crippen molar-refractivity contribution in [1.29, 1.82) is 0 Å². The van der Waals surface area contributed by atoms with Gasteiger partial charge in [-0.1, -0.05) is 18.2 Å². The molecule has 0 amide bonds. The second kappa shape index (κ2) is 9.77. The number of methoxy groups -OCH3 is 2. The fourth-order valence-corrected chi connectivity index (χ4v) is 2.98. The second-order valence-electron chi connectivity index (χ2n) is 6.13. The number of halogens is 2. The van der Waals surface area contributed by atoms with Gasteiger partial charge < -0.3 is 20.1 Å². The van der Waals surface area contributed by atoms with E-state index in [0.29, 0.717) is 24.0 Å². The Morgan fingerprint density at radius 3 is 2.56 bits per heavy atom. The summed E-state index contributed by atoms with van der Waals surface area (Å²) in [5.41, 5.74) is 1.59. The van der Waals surface area contributed by atoms with Crippen molar-refractivity contribution in [2.24, 2.45) is 4.99 Å². The third-order valence-corrected chi connectivity index (χ3v) is 4.38. The number of rotatable bonds is 6. The summed E-state index contributed by atoms with van der Waals surface area (Å²) in [5.74, 6) is 2.00. The summed E-state index contributed by atoms with van der Waals surface area (Å²) in [6.07, 6.45) is 0.886. The second-order valence-corrected chi connectivity index (χ2v) is 6.13. The lowest BCUT2D eigenvalue weighted by Gasteiger charge is -2.14. The van der Waals surface area contributed by atoms with E-state index >= 15 is 0 Å². The summed E-state index contributed by atoms with van der Waals surface area (Å²) >= 11 is 0. The predicted octanol–water partition coefficient (Wildman–Crippen LogP) is 4.39. The van der Waals surface area contributed by atoms with Crippen LogP contribution in [0.2, 0.25) is 0 Å². The zero-order valence-electron chi connectivity index (χ0n) is 15.7. The van der Waals surface area contributed by atoms with Crippen LogP contribution in [0.5, 0.6) is 11.5 Å². The van der Waals surface area contributed by atoms with Crippen molar-refractivity contribution in [3.05, 3.63) is 53.8 Å². The van der Waals surface area contributed by atoms with Crippen molar-refractivity contribution < 1.29 is 13.9 Å². The molecule has 0 bridgehead atoms. The first-order valence-corrected chi connectivity index (χ1v) is 8.70. The number of nitrogens with zero attached hydrogens (tertiary/aromatic N) is 1. The highest BCUT2D eigenvalue weighted by atomic mass is 127. The molecule has 0 heterocycles. The van der Waals surface area contributed by atoms with Crippen LogP contribution in [0, 0.1) is 5.82 Å². The first-order valence-electron chi connectivity index (χ1n) is 8.70. The lowest BCUT2D eigenvalue weighted by Crippen LogP contribution is -2.33. The maximum Gasteiger partial charge on any atom is 0.196 e. The van der Waals surface area contributed by atoms with E-state index in [1.807, 2.05) is 37.3 Å². The molecule has 0 aliphatic heterocycles. The molecule has 0 radical (unpaired) electrons. The third kappa shape index (κ3) is 5.24. The van der Waals surface area contributed by atoms with E-state index in [1.54, 1.807) is 20.3 Å². The molecule has 2 unspecified atom stereocenters. The quantitative estimate of drug-likeness (QED) is 0.362. The average molecular weight is 485 g/mol. The molecule has 1 fully saturated rings. The Bertz CT molecular complexity index is 801. The van der Waals surface area contributed by atoms with Crippen LogP contribution >= 0.6 is 24.0 Å². The van der Waals surface area contributed by atoms with Crippen molar-refractivity contribution in [1.82, 2.24) is 5.32 Å². The van der Waals surface area contributed by atoms with E-state index in [4.69, 9.17) is 9.47 Å². The van der Waals surface area contributed by atoms with E-state index < -0.39 is 0 Å². The first-order chi connectivity index (χ1) is 12.7. The number of benzene rings is 2. The molecule has 2 aromatic rings. The minimum absolute atomic E-state index is 0. The maximum absolute atomic E-state index is 13.9. The minimum atomic E-state index is -0.149. The lowest BCUT2D eigenvalue weighted by atomic mass is 10.1. The van der Waals surface area contributed by atoms with Crippen LogP contribution in [-0.2, 0) is 0 Å². The summed E-state index contributed by atoms with van der Waals surface area (Å²) in [6.45, 7) is 2.61. The highest BCUT2D eigenvalue weighted by Gasteiger charge is 2.40. The molecule has 146 valence electrons. The minimum Gasteiger partial charge on any atom is -0.493 e. The zero-order chi connectivity index (χ0) is 18.5. The summed E-state index contributed by atoms with van der Waals surface area (Å²) < 4.78 is 24.5. The van der Waals surface area contributed by atoms with E-state index in [2.05, 4.69) is 15.6 Å².